The molecule has 1 aromatic rings. The molecule has 0 atom stereocenters. The molecule has 0 spiro atoms. The van der Waals surface area contributed by atoms with Gasteiger partial charge in [0.05, 0.1) is 12.3 Å². The zero-order valence-corrected chi connectivity index (χ0v) is 11.1. The van der Waals surface area contributed by atoms with Gasteiger partial charge in [-0.25, -0.2) is 4.79 Å². The van der Waals surface area contributed by atoms with Gasteiger partial charge in [-0.1, -0.05) is 0 Å². The maximum absolute atomic E-state index is 11.6. The highest BCUT2D eigenvalue weighted by Crippen LogP contribution is 2.48. The second-order valence-corrected chi connectivity index (χ2v) is 4.20. The zero-order valence-electron chi connectivity index (χ0n) is 11.1. The molecule has 1 aliphatic carbocycles. The average Bonchev–Trinajstić information content (AvgIpc) is 3.21. The summed E-state index contributed by atoms with van der Waals surface area (Å²) < 4.78 is 36.8. The average molecular weight is 306 g/mol. The number of aliphatic carboxylic acids is 1. The van der Waals surface area contributed by atoms with Gasteiger partial charge in [0.15, 0.2) is 0 Å². The van der Waals surface area contributed by atoms with Crippen LogP contribution >= 0.6 is 0 Å². The fourth-order valence-electron chi connectivity index (χ4n) is 1.51. The van der Waals surface area contributed by atoms with Crippen LogP contribution in [-0.2, 0) is 19.7 Å². The highest BCUT2D eigenvalue weighted by Gasteiger charge is 2.54. The highest BCUT2D eigenvalue weighted by molar-refractivity contribution is 5.85. The molecule has 0 radical (unpaired) electrons. The molecular weight excluding hydrogens is 293 g/mol. The maximum Gasteiger partial charge on any atom is 0.490 e. The van der Waals surface area contributed by atoms with E-state index in [4.69, 9.17) is 14.6 Å². The lowest BCUT2D eigenvalue weighted by molar-refractivity contribution is -0.192. The van der Waals surface area contributed by atoms with Gasteiger partial charge in [0.2, 0.25) is 0 Å². The molecule has 1 fully saturated rings. The molecule has 0 aromatic carbocycles. The minimum absolute atomic E-state index is 0.166. The summed E-state index contributed by atoms with van der Waals surface area (Å²) >= 11 is 0. The van der Waals surface area contributed by atoms with Crippen molar-refractivity contribution in [1.29, 1.82) is 0 Å². The van der Waals surface area contributed by atoms with Crippen molar-refractivity contribution in [2.45, 2.75) is 31.4 Å². The molecule has 21 heavy (non-hydrogen) atoms. The summed E-state index contributed by atoms with van der Waals surface area (Å²) in [5.41, 5.74) is 0.253. The third-order valence-corrected chi connectivity index (χ3v) is 2.71. The molecule has 0 bridgehead atoms. The van der Waals surface area contributed by atoms with E-state index in [1.807, 2.05) is 6.92 Å². The van der Waals surface area contributed by atoms with Crippen LogP contribution in [-0.4, -0.2) is 39.8 Å². The second-order valence-electron chi connectivity index (χ2n) is 4.20. The Labute approximate surface area is 118 Å². The predicted molar refractivity (Wildman–Crippen MR) is 63.3 cm³/mol. The lowest BCUT2D eigenvalue weighted by Gasteiger charge is -2.11. The molecule has 116 valence electrons. The van der Waals surface area contributed by atoms with Crippen molar-refractivity contribution in [1.82, 2.24) is 9.97 Å². The zero-order chi connectivity index (χ0) is 16.1. The SMILES string of the molecule is CCOC(=O)C1(c2cnccn2)CC1.O=C(O)C(F)(F)F. The van der Waals surface area contributed by atoms with Gasteiger partial charge in [-0.15, -0.1) is 0 Å². The predicted octanol–water partition coefficient (Wildman–Crippen LogP) is 1.70. The normalized spacial score (nSPS) is 15.4. The first-order valence-electron chi connectivity index (χ1n) is 5.98. The number of carboxylic acids is 1. The van der Waals surface area contributed by atoms with Crippen molar-refractivity contribution in [3.05, 3.63) is 24.3 Å². The van der Waals surface area contributed by atoms with Crippen molar-refractivity contribution >= 4 is 11.9 Å². The molecule has 1 heterocycles. The minimum Gasteiger partial charge on any atom is -0.475 e. The molecule has 0 unspecified atom stereocenters. The van der Waals surface area contributed by atoms with Crippen LogP contribution in [0.5, 0.6) is 0 Å². The van der Waals surface area contributed by atoms with Crippen LogP contribution in [0, 0.1) is 0 Å². The largest absolute Gasteiger partial charge is 0.490 e. The van der Waals surface area contributed by atoms with E-state index >= 15 is 0 Å². The molecule has 0 saturated heterocycles. The van der Waals surface area contributed by atoms with E-state index in [0.717, 1.165) is 18.5 Å². The number of esters is 1. The summed E-state index contributed by atoms with van der Waals surface area (Å²) in [6.07, 6.45) is 1.42. The smallest absolute Gasteiger partial charge is 0.475 e. The van der Waals surface area contributed by atoms with Gasteiger partial charge in [0, 0.05) is 18.6 Å². The van der Waals surface area contributed by atoms with E-state index in [1.54, 1.807) is 18.6 Å². The fraction of sp³-hybridized carbons (Fsp3) is 0.500. The van der Waals surface area contributed by atoms with Crippen LogP contribution in [0.25, 0.3) is 0 Å². The molecule has 6 nitrogen and oxygen atoms in total. The third kappa shape index (κ3) is 4.40. The summed E-state index contributed by atoms with van der Waals surface area (Å²) in [6.45, 7) is 2.23. The third-order valence-electron chi connectivity index (χ3n) is 2.71. The van der Waals surface area contributed by atoms with Crippen LogP contribution in [0.4, 0.5) is 13.2 Å². The first-order valence-corrected chi connectivity index (χ1v) is 5.98. The van der Waals surface area contributed by atoms with Crippen LogP contribution in [0.1, 0.15) is 25.5 Å². The van der Waals surface area contributed by atoms with Crippen LogP contribution in [0.2, 0.25) is 0 Å². The monoisotopic (exact) mass is 306 g/mol. The van der Waals surface area contributed by atoms with Crippen molar-refractivity contribution in [3.63, 3.8) is 0 Å². The number of nitrogens with zero attached hydrogens (tertiary/aromatic N) is 2. The van der Waals surface area contributed by atoms with Crippen LogP contribution in [0.3, 0.4) is 0 Å². The minimum atomic E-state index is -5.08. The Kier molecular flexibility index (Phi) is 5.23. The molecule has 2 rings (SSSR count). The van der Waals surface area contributed by atoms with Gasteiger partial charge >= 0.3 is 18.1 Å². The van der Waals surface area contributed by atoms with E-state index in [1.165, 1.54) is 0 Å². The molecule has 0 aliphatic heterocycles. The second kappa shape index (κ2) is 6.51. The Balaban J connectivity index is 0.000000270. The Hall–Kier alpha value is -2.19. The number of rotatable bonds is 3. The molecular formula is C12H13F3N2O4. The number of carboxylic acid groups (broad SMARTS) is 1. The van der Waals surface area contributed by atoms with E-state index in [2.05, 4.69) is 9.97 Å². The summed E-state index contributed by atoms with van der Waals surface area (Å²) in [6, 6.07) is 0. The van der Waals surface area contributed by atoms with E-state index < -0.39 is 17.6 Å². The number of aromatic nitrogens is 2. The lowest BCUT2D eigenvalue weighted by atomic mass is 10.0. The summed E-state index contributed by atoms with van der Waals surface area (Å²) in [7, 11) is 0. The Morgan fingerprint density at radius 1 is 1.38 bits per heavy atom. The van der Waals surface area contributed by atoms with Crippen molar-refractivity contribution < 1.29 is 32.6 Å². The van der Waals surface area contributed by atoms with E-state index in [0.29, 0.717) is 6.61 Å². The number of ether oxygens (including phenoxy) is 1. The van der Waals surface area contributed by atoms with Gasteiger partial charge in [-0.3, -0.25) is 14.8 Å². The Morgan fingerprint density at radius 2 is 1.95 bits per heavy atom. The first kappa shape index (κ1) is 16.9. The maximum atomic E-state index is 11.6. The molecule has 1 saturated carbocycles. The van der Waals surface area contributed by atoms with Crippen LogP contribution < -0.4 is 0 Å². The fourth-order valence-corrected chi connectivity index (χ4v) is 1.51. The number of alkyl halides is 3. The number of hydrogen-bond donors (Lipinski definition) is 1. The molecule has 1 aliphatic rings. The Morgan fingerprint density at radius 3 is 2.29 bits per heavy atom. The summed E-state index contributed by atoms with van der Waals surface area (Å²) in [4.78, 5) is 28.6. The first-order chi connectivity index (χ1) is 9.74. The van der Waals surface area contributed by atoms with Gasteiger partial charge in [0.1, 0.15) is 5.41 Å². The van der Waals surface area contributed by atoms with Gasteiger partial charge in [-0.2, -0.15) is 13.2 Å². The van der Waals surface area contributed by atoms with Crippen molar-refractivity contribution in [3.8, 4) is 0 Å². The Bertz CT molecular complexity index is 501. The molecule has 9 heteroatoms. The van der Waals surface area contributed by atoms with Gasteiger partial charge < -0.3 is 9.84 Å². The van der Waals surface area contributed by atoms with E-state index in [-0.39, 0.29) is 5.97 Å². The summed E-state index contributed by atoms with van der Waals surface area (Å²) in [5, 5.41) is 7.12. The van der Waals surface area contributed by atoms with Crippen LogP contribution in [0.15, 0.2) is 18.6 Å². The number of hydrogen-bond acceptors (Lipinski definition) is 5. The molecule has 0 amide bonds. The number of halogens is 3. The van der Waals surface area contributed by atoms with Gasteiger partial charge in [-0.05, 0) is 19.8 Å². The van der Waals surface area contributed by atoms with Crippen molar-refractivity contribution in [2.24, 2.45) is 0 Å². The molecule has 1 aromatic heterocycles. The molecule has 1 N–H and O–H groups in total. The highest BCUT2D eigenvalue weighted by atomic mass is 19.4. The summed E-state index contributed by atoms with van der Waals surface area (Å²) in [5.74, 6) is -2.92. The standard InChI is InChI=1S/C10H12N2O2.C2HF3O2/c1-2-14-9(13)10(3-4-10)8-7-11-5-6-12-8;3-2(4,5)1(6)7/h5-7H,2-4H2,1H3;(H,6,7). The topological polar surface area (TPSA) is 89.4 Å². The lowest BCUT2D eigenvalue weighted by Crippen LogP contribution is -2.24. The number of carbonyl (C=O) groups excluding carboxylic acids is 1. The number of carbonyl (C=O) groups is 2. The quantitative estimate of drug-likeness (QED) is 0.855. The van der Waals surface area contributed by atoms with Crippen molar-refractivity contribution in [2.75, 3.05) is 6.61 Å². The van der Waals surface area contributed by atoms with Gasteiger partial charge in [0.25, 0.3) is 0 Å². The van der Waals surface area contributed by atoms with E-state index in [9.17, 15) is 18.0 Å².